The lowest BCUT2D eigenvalue weighted by atomic mass is 10.1. The first-order valence-corrected chi connectivity index (χ1v) is 6.42. The van der Waals surface area contributed by atoms with Crippen LogP contribution in [0.15, 0.2) is 18.2 Å². The average Bonchev–Trinajstić information content (AvgIpc) is 2.75. The third kappa shape index (κ3) is 3.32. The van der Waals surface area contributed by atoms with E-state index in [0.717, 1.165) is 11.3 Å². The quantitative estimate of drug-likeness (QED) is 0.841. The highest BCUT2D eigenvalue weighted by molar-refractivity contribution is 6.02. The number of hydrogen-bond donors (Lipinski definition) is 2. The number of anilines is 1. The minimum absolute atomic E-state index is 0.0110. The SMILES string of the molecule is CCOC(C)CNC(=O)c1ccc2c(c1)NC(=O)C2. The molecule has 1 unspecified atom stereocenters. The second kappa shape index (κ2) is 5.84. The maximum atomic E-state index is 12.0. The molecule has 1 aromatic carbocycles. The lowest BCUT2D eigenvalue weighted by molar-refractivity contribution is -0.115. The monoisotopic (exact) mass is 262 g/mol. The van der Waals surface area contributed by atoms with Gasteiger partial charge in [-0.2, -0.15) is 0 Å². The fraction of sp³-hybridized carbons (Fsp3) is 0.429. The van der Waals surface area contributed by atoms with Gasteiger partial charge in [0.05, 0.1) is 12.5 Å². The molecule has 0 fully saturated rings. The fourth-order valence-corrected chi connectivity index (χ4v) is 2.04. The summed E-state index contributed by atoms with van der Waals surface area (Å²) in [5.41, 5.74) is 2.21. The van der Waals surface area contributed by atoms with E-state index in [0.29, 0.717) is 25.1 Å². The molecule has 19 heavy (non-hydrogen) atoms. The van der Waals surface area contributed by atoms with Gasteiger partial charge in [-0.05, 0) is 31.5 Å². The Morgan fingerprint density at radius 3 is 3.05 bits per heavy atom. The van der Waals surface area contributed by atoms with Crippen LogP contribution < -0.4 is 10.6 Å². The van der Waals surface area contributed by atoms with Gasteiger partial charge in [0.2, 0.25) is 5.91 Å². The molecular formula is C14H18N2O3. The first-order chi connectivity index (χ1) is 9.10. The Morgan fingerprint density at radius 2 is 2.32 bits per heavy atom. The second-order valence-corrected chi connectivity index (χ2v) is 4.57. The van der Waals surface area contributed by atoms with E-state index in [9.17, 15) is 9.59 Å². The maximum Gasteiger partial charge on any atom is 0.251 e. The largest absolute Gasteiger partial charge is 0.377 e. The third-order valence-electron chi connectivity index (χ3n) is 3.00. The van der Waals surface area contributed by atoms with Crippen molar-refractivity contribution in [1.29, 1.82) is 0 Å². The summed E-state index contributed by atoms with van der Waals surface area (Å²) in [5.74, 6) is -0.187. The minimum Gasteiger partial charge on any atom is -0.377 e. The molecule has 1 aliphatic heterocycles. The van der Waals surface area contributed by atoms with Gasteiger partial charge in [0.15, 0.2) is 0 Å². The highest BCUT2D eigenvalue weighted by Crippen LogP contribution is 2.23. The van der Waals surface area contributed by atoms with Gasteiger partial charge in [-0.15, -0.1) is 0 Å². The smallest absolute Gasteiger partial charge is 0.251 e. The van der Waals surface area contributed by atoms with Crippen molar-refractivity contribution < 1.29 is 14.3 Å². The lowest BCUT2D eigenvalue weighted by Gasteiger charge is -2.12. The van der Waals surface area contributed by atoms with Crippen LogP contribution in [0, 0.1) is 0 Å². The van der Waals surface area contributed by atoms with E-state index in [1.54, 1.807) is 12.1 Å². The van der Waals surface area contributed by atoms with Crippen molar-refractivity contribution in [2.45, 2.75) is 26.4 Å². The Hall–Kier alpha value is -1.88. The average molecular weight is 262 g/mol. The van der Waals surface area contributed by atoms with Crippen LogP contribution in [0.3, 0.4) is 0 Å². The molecule has 1 aromatic rings. The van der Waals surface area contributed by atoms with Crippen molar-refractivity contribution in [3.63, 3.8) is 0 Å². The van der Waals surface area contributed by atoms with E-state index in [4.69, 9.17) is 4.74 Å². The van der Waals surface area contributed by atoms with Crippen LogP contribution in [0.5, 0.6) is 0 Å². The third-order valence-corrected chi connectivity index (χ3v) is 3.00. The molecule has 5 nitrogen and oxygen atoms in total. The molecule has 1 atom stereocenters. The van der Waals surface area contributed by atoms with Gasteiger partial charge in [0.1, 0.15) is 0 Å². The molecule has 2 amide bonds. The van der Waals surface area contributed by atoms with Gasteiger partial charge in [-0.3, -0.25) is 9.59 Å². The number of fused-ring (bicyclic) bond motifs is 1. The summed E-state index contributed by atoms with van der Waals surface area (Å²) in [7, 11) is 0. The van der Waals surface area contributed by atoms with Crippen molar-refractivity contribution in [3.05, 3.63) is 29.3 Å². The van der Waals surface area contributed by atoms with E-state index < -0.39 is 0 Å². The Morgan fingerprint density at radius 1 is 1.53 bits per heavy atom. The van der Waals surface area contributed by atoms with E-state index >= 15 is 0 Å². The Bertz CT molecular complexity index is 499. The lowest BCUT2D eigenvalue weighted by Crippen LogP contribution is -2.32. The molecule has 5 heteroatoms. The summed E-state index contributed by atoms with van der Waals surface area (Å²) < 4.78 is 5.34. The molecule has 0 spiro atoms. The Balaban J connectivity index is 1.97. The Kier molecular flexibility index (Phi) is 4.16. The van der Waals surface area contributed by atoms with Crippen molar-refractivity contribution in [1.82, 2.24) is 5.32 Å². The van der Waals surface area contributed by atoms with Crippen LogP contribution in [0.2, 0.25) is 0 Å². The molecule has 2 N–H and O–H groups in total. The van der Waals surface area contributed by atoms with Crippen LogP contribution in [0.25, 0.3) is 0 Å². The first-order valence-electron chi connectivity index (χ1n) is 6.42. The first kappa shape index (κ1) is 13.5. The predicted molar refractivity (Wildman–Crippen MR) is 72.2 cm³/mol. The number of hydrogen-bond acceptors (Lipinski definition) is 3. The van der Waals surface area contributed by atoms with Crippen molar-refractivity contribution in [2.24, 2.45) is 0 Å². The van der Waals surface area contributed by atoms with E-state index in [2.05, 4.69) is 10.6 Å². The van der Waals surface area contributed by atoms with Gasteiger partial charge in [0, 0.05) is 24.4 Å². The number of nitrogens with one attached hydrogen (secondary N) is 2. The Labute approximate surface area is 112 Å². The topological polar surface area (TPSA) is 67.4 Å². The number of carbonyl (C=O) groups is 2. The molecule has 1 heterocycles. The zero-order valence-corrected chi connectivity index (χ0v) is 11.2. The van der Waals surface area contributed by atoms with Gasteiger partial charge < -0.3 is 15.4 Å². The second-order valence-electron chi connectivity index (χ2n) is 4.57. The number of rotatable bonds is 5. The van der Waals surface area contributed by atoms with E-state index in [-0.39, 0.29) is 17.9 Å². The molecule has 1 aliphatic rings. The molecule has 2 rings (SSSR count). The van der Waals surface area contributed by atoms with E-state index in [1.165, 1.54) is 0 Å². The summed E-state index contributed by atoms with van der Waals surface area (Å²) in [6.07, 6.45) is 0.376. The van der Waals surface area contributed by atoms with Crippen LogP contribution in [-0.4, -0.2) is 31.1 Å². The minimum atomic E-state index is -0.157. The summed E-state index contributed by atoms with van der Waals surface area (Å²) in [5, 5.41) is 5.54. The predicted octanol–water partition coefficient (Wildman–Crippen LogP) is 1.34. The van der Waals surface area contributed by atoms with Gasteiger partial charge in [0.25, 0.3) is 5.91 Å². The van der Waals surface area contributed by atoms with Gasteiger partial charge in [-0.25, -0.2) is 0 Å². The fourth-order valence-electron chi connectivity index (χ4n) is 2.04. The molecule has 0 aromatic heterocycles. The highest BCUT2D eigenvalue weighted by Gasteiger charge is 2.19. The van der Waals surface area contributed by atoms with Crippen LogP contribution in [0.1, 0.15) is 29.8 Å². The molecule has 0 bridgehead atoms. The van der Waals surface area contributed by atoms with Crippen molar-refractivity contribution in [2.75, 3.05) is 18.5 Å². The van der Waals surface area contributed by atoms with Crippen molar-refractivity contribution in [3.8, 4) is 0 Å². The summed E-state index contributed by atoms with van der Waals surface area (Å²) in [4.78, 5) is 23.2. The summed E-state index contributed by atoms with van der Waals surface area (Å²) in [6, 6.07) is 5.26. The number of carbonyl (C=O) groups excluding carboxylic acids is 2. The number of ether oxygens (including phenoxy) is 1. The molecule has 102 valence electrons. The summed E-state index contributed by atoms with van der Waals surface area (Å²) in [6.45, 7) is 4.92. The summed E-state index contributed by atoms with van der Waals surface area (Å²) >= 11 is 0. The molecule has 0 radical (unpaired) electrons. The van der Waals surface area contributed by atoms with Crippen LogP contribution >= 0.6 is 0 Å². The molecule has 0 saturated heterocycles. The standard InChI is InChI=1S/C14H18N2O3/c1-3-19-9(2)8-15-14(18)11-5-4-10-7-13(17)16-12(10)6-11/h4-6,9H,3,7-8H2,1-2H3,(H,15,18)(H,16,17). The van der Waals surface area contributed by atoms with Gasteiger partial charge >= 0.3 is 0 Å². The van der Waals surface area contributed by atoms with Crippen LogP contribution in [0.4, 0.5) is 5.69 Å². The highest BCUT2D eigenvalue weighted by atomic mass is 16.5. The zero-order chi connectivity index (χ0) is 13.8. The number of amides is 2. The maximum absolute atomic E-state index is 12.0. The van der Waals surface area contributed by atoms with Crippen molar-refractivity contribution >= 4 is 17.5 Å². The van der Waals surface area contributed by atoms with E-state index in [1.807, 2.05) is 19.9 Å². The molecular weight excluding hydrogens is 244 g/mol. The van der Waals surface area contributed by atoms with Gasteiger partial charge in [-0.1, -0.05) is 6.07 Å². The van der Waals surface area contributed by atoms with Crippen LogP contribution in [-0.2, 0) is 16.0 Å². The number of benzene rings is 1. The molecule has 0 aliphatic carbocycles. The molecule has 0 saturated carbocycles. The zero-order valence-electron chi connectivity index (χ0n) is 11.2. The normalized spacial score (nSPS) is 14.7.